The van der Waals surface area contributed by atoms with E-state index in [0.717, 1.165) is 11.1 Å². The summed E-state index contributed by atoms with van der Waals surface area (Å²) in [6, 6.07) is 21.7. The van der Waals surface area contributed by atoms with Gasteiger partial charge in [0.05, 0.1) is 12.1 Å². The zero-order valence-corrected chi connectivity index (χ0v) is 14.4. The van der Waals surface area contributed by atoms with Gasteiger partial charge >= 0.3 is 0 Å². The lowest BCUT2D eigenvalue weighted by molar-refractivity contribution is 0.0911. The summed E-state index contributed by atoms with van der Waals surface area (Å²) >= 11 is 0. The highest BCUT2D eigenvalue weighted by Crippen LogP contribution is 2.24. The van der Waals surface area contributed by atoms with E-state index in [9.17, 15) is 10.4 Å². The molecule has 1 N–H and O–H groups in total. The molecule has 0 saturated carbocycles. The van der Waals surface area contributed by atoms with Crippen LogP contribution in [0.25, 0.3) is 0 Å². The summed E-state index contributed by atoms with van der Waals surface area (Å²) in [4.78, 5) is 1.84. The van der Waals surface area contributed by atoms with Gasteiger partial charge < -0.3 is 10.0 Å². The second-order valence-corrected chi connectivity index (χ2v) is 6.07. The van der Waals surface area contributed by atoms with Crippen LogP contribution in [-0.2, 0) is 0 Å². The van der Waals surface area contributed by atoms with Crippen molar-refractivity contribution in [1.82, 2.24) is 4.90 Å². The highest BCUT2D eigenvalue weighted by atomic mass is 16.3. The molecule has 0 saturated heterocycles. The summed E-state index contributed by atoms with van der Waals surface area (Å²) in [5, 5.41) is 20.1. The van der Waals surface area contributed by atoms with Gasteiger partial charge in [-0.3, -0.25) is 0 Å². The topological polar surface area (TPSA) is 47.3 Å². The molecule has 2 rings (SSSR count). The average Bonchev–Trinajstić information content (AvgIpc) is 2.65. The molecule has 0 bridgehead atoms. The first kappa shape index (κ1) is 17.8. The Kier molecular flexibility index (Phi) is 6.17. The number of nitriles is 1. The maximum absolute atomic E-state index is 10.6. The van der Waals surface area contributed by atoms with Crippen molar-refractivity contribution in [3.63, 3.8) is 0 Å². The van der Waals surface area contributed by atoms with Gasteiger partial charge in [-0.05, 0) is 24.1 Å². The van der Waals surface area contributed by atoms with Crippen LogP contribution in [0.1, 0.15) is 37.0 Å². The molecule has 124 valence electrons. The molecule has 2 aromatic rings. The van der Waals surface area contributed by atoms with Gasteiger partial charge in [-0.1, -0.05) is 67.6 Å². The number of hydrogen-bond acceptors (Lipinski definition) is 3. The van der Waals surface area contributed by atoms with E-state index in [1.807, 2.05) is 73.5 Å². The van der Waals surface area contributed by atoms with E-state index in [0.29, 0.717) is 5.70 Å². The van der Waals surface area contributed by atoms with E-state index in [-0.39, 0.29) is 12.0 Å². The number of likely N-dealkylation sites (N-methyl/N-ethyl adjacent to an activating group) is 1. The molecule has 0 aliphatic heterocycles. The van der Waals surface area contributed by atoms with Crippen molar-refractivity contribution >= 4 is 0 Å². The van der Waals surface area contributed by atoms with Gasteiger partial charge in [0.15, 0.2) is 0 Å². The Balaban J connectivity index is 2.17. The molecule has 3 atom stereocenters. The standard InChI is InChI=1S/C21H24N2O/c1-16(18-10-6-4-7-11-18)14-20(15-22)23(3)17(2)21(24)19-12-8-5-9-13-19/h4-14,16-17,21,24H,1-3H3/b20-14+/t16-,17+,21+/m1/s1. The summed E-state index contributed by atoms with van der Waals surface area (Å²) in [6.45, 7) is 3.99. The SMILES string of the molecule is C[C@H](/C=C(\C#N)N(C)[C@@H](C)[C@H](O)c1ccccc1)c1ccccc1. The lowest BCUT2D eigenvalue weighted by atomic mass is 9.98. The summed E-state index contributed by atoms with van der Waals surface area (Å²) in [6.07, 6.45) is 1.30. The van der Waals surface area contributed by atoms with Crippen molar-refractivity contribution in [2.75, 3.05) is 7.05 Å². The van der Waals surface area contributed by atoms with E-state index >= 15 is 0 Å². The molecular weight excluding hydrogens is 296 g/mol. The molecule has 2 aromatic carbocycles. The Morgan fingerprint density at radius 3 is 2.00 bits per heavy atom. The molecule has 0 aliphatic rings. The second kappa shape index (κ2) is 8.33. The Bertz CT molecular complexity index is 704. The zero-order valence-electron chi connectivity index (χ0n) is 14.4. The number of nitrogens with zero attached hydrogens (tertiary/aromatic N) is 2. The lowest BCUT2D eigenvalue weighted by Gasteiger charge is -2.30. The number of benzene rings is 2. The third-order valence-corrected chi connectivity index (χ3v) is 4.44. The molecule has 3 nitrogen and oxygen atoms in total. The maximum Gasteiger partial charge on any atom is 0.117 e. The molecule has 0 radical (unpaired) electrons. The van der Waals surface area contributed by atoms with E-state index in [2.05, 4.69) is 25.1 Å². The zero-order chi connectivity index (χ0) is 17.5. The van der Waals surface area contributed by atoms with Gasteiger partial charge in [-0.25, -0.2) is 0 Å². The smallest absolute Gasteiger partial charge is 0.117 e. The van der Waals surface area contributed by atoms with Crippen LogP contribution in [0.4, 0.5) is 0 Å². The van der Waals surface area contributed by atoms with Crippen molar-refractivity contribution in [1.29, 1.82) is 5.26 Å². The average molecular weight is 320 g/mol. The largest absolute Gasteiger partial charge is 0.386 e. The number of aliphatic hydroxyl groups is 1. The third-order valence-electron chi connectivity index (χ3n) is 4.44. The fourth-order valence-corrected chi connectivity index (χ4v) is 2.68. The number of hydrogen-bond donors (Lipinski definition) is 1. The molecule has 0 aromatic heterocycles. The third kappa shape index (κ3) is 4.24. The minimum atomic E-state index is -0.653. The Hall–Kier alpha value is -2.57. The quantitative estimate of drug-likeness (QED) is 0.809. The van der Waals surface area contributed by atoms with Crippen LogP contribution in [0.3, 0.4) is 0 Å². The monoisotopic (exact) mass is 320 g/mol. The van der Waals surface area contributed by atoms with Crippen LogP contribution in [0.2, 0.25) is 0 Å². The predicted molar refractivity (Wildman–Crippen MR) is 97.2 cm³/mol. The first-order valence-electron chi connectivity index (χ1n) is 8.17. The molecule has 3 heteroatoms. The molecule has 0 aliphatic carbocycles. The van der Waals surface area contributed by atoms with Gasteiger partial charge in [-0.2, -0.15) is 5.26 Å². The number of rotatable bonds is 6. The summed E-state index contributed by atoms with van der Waals surface area (Å²) < 4.78 is 0. The fourth-order valence-electron chi connectivity index (χ4n) is 2.68. The minimum Gasteiger partial charge on any atom is -0.386 e. The molecule has 24 heavy (non-hydrogen) atoms. The van der Waals surface area contributed by atoms with E-state index in [1.54, 1.807) is 0 Å². The Morgan fingerprint density at radius 1 is 1.00 bits per heavy atom. The molecule has 0 unspecified atom stereocenters. The molecule has 0 spiro atoms. The maximum atomic E-state index is 10.6. The Morgan fingerprint density at radius 2 is 1.50 bits per heavy atom. The fraction of sp³-hybridized carbons (Fsp3) is 0.286. The molecule has 0 amide bonds. The first-order chi connectivity index (χ1) is 11.5. The van der Waals surface area contributed by atoms with Crippen LogP contribution in [0, 0.1) is 11.3 Å². The number of aliphatic hydroxyl groups excluding tert-OH is 1. The van der Waals surface area contributed by atoms with Gasteiger partial charge in [0, 0.05) is 13.0 Å². The van der Waals surface area contributed by atoms with E-state index in [4.69, 9.17) is 0 Å². The Labute approximate surface area is 144 Å². The summed E-state index contributed by atoms with van der Waals surface area (Å²) in [5.74, 6) is 0.129. The van der Waals surface area contributed by atoms with Gasteiger partial charge in [0.2, 0.25) is 0 Å². The van der Waals surface area contributed by atoms with Crippen LogP contribution in [-0.4, -0.2) is 23.1 Å². The van der Waals surface area contributed by atoms with Crippen molar-refractivity contribution in [3.8, 4) is 6.07 Å². The van der Waals surface area contributed by atoms with Crippen molar-refractivity contribution in [2.45, 2.75) is 31.9 Å². The van der Waals surface area contributed by atoms with Crippen LogP contribution in [0.15, 0.2) is 72.4 Å². The van der Waals surface area contributed by atoms with Crippen LogP contribution in [0.5, 0.6) is 0 Å². The molecular formula is C21H24N2O. The highest BCUT2D eigenvalue weighted by molar-refractivity contribution is 5.30. The predicted octanol–water partition coefficient (Wildman–Crippen LogP) is 4.25. The molecule has 0 heterocycles. The first-order valence-corrected chi connectivity index (χ1v) is 8.17. The highest BCUT2D eigenvalue weighted by Gasteiger charge is 2.22. The number of allylic oxidation sites excluding steroid dienone is 2. The minimum absolute atomic E-state index is 0.129. The van der Waals surface area contributed by atoms with Gasteiger partial charge in [0.1, 0.15) is 11.8 Å². The van der Waals surface area contributed by atoms with Crippen molar-refractivity contribution < 1.29 is 5.11 Å². The lowest BCUT2D eigenvalue weighted by Crippen LogP contribution is -2.33. The summed E-state index contributed by atoms with van der Waals surface area (Å²) in [7, 11) is 1.85. The normalized spacial score (nSPS) is 15.2. The summed E-state index contributed by atoms with van der Waals surface area (Å²) in [5.41, 5.74) is 2.58. The van der Waals surface area contributed by atoms with Gasteiger partial charge in [0.25, 0.3) is 0 Å². The van der Waals surface area contributed by atoms with Crippen molar-refractivity contribution in [2.24, 2.45) is 0 Å². The van der Waals surface area contributed by atoms with E-state index < -0.39 is 6.10 Å². The van der Waals surface area contributed by atoms with Crippen molar-refractivity contribution in [3.05, 3.63) is 83.6 Å². The van der Waals surface area contributed by atoms with Crippen LogP contribution >= 0.6 is 0 Å². The van der Waals surface area contributed by atoms with E-state index in [1.165, 1.54) is 0 Å². The molecule has 0 fully saturated rings. The van der Waals surface area contributed by atoms with Gasteiger partial charge in [-0.15, -0.1) is 0 Å². The second-order valence-electron chi connectivity index (χ2n) is 6.07. The van der Waals surface area contributed by atoms with Crippen LogP contribution < -0.4 is 0 Å².